The van der Waals surface area contributed by atoms with Gasteiger partial charge in [0.15, 0.2) is 5.11 Å². The van der Waals surface area contributed by atoms with E-state index >= 15 is 0 Å². The van der Waals surface area contributed by atoms with Crippen molar-refractivity contribution in [3.05, 3.63) is 65.7 Å². The molecular formula is C26H33N3O4S. The van der Waals surface area contributed by atoms with Crippen molar-refractivity contribution in [2.24, 2.45) is 0 Å². The Morgan fingerprint density at radius 2 is 1.53 bits per heavy atom. The van der Waals surface area contributed by atoms with Crippen LogP contribution in [0.1, 0.15) is 43.2 Å². The van der Waals surface area contributed by atoms with Crippen molar-refractivity contribution in [3.8, 4) is 0 Å². The highest BCUT2D eigenvalue weighted by molar-refractivity contribution is 7.80. The van der Waals surface area contributed by atoms with Gasteiger partial charge in [0, 0.05) is 39.0 Å². The van der Waals surface area contributed by atoms with Crippen molar-refractivity contribution < 1.29 is 19.1 Å². The monoisotopic (exact) mass is 483 g/mol. The van der Waals surface area contributed by atoms with E-state index in [1.165, 1.54) is 5.56 Å². The Kier molecular flexibility index (Phi) is 11.7. The molecule has 2 amide bonds. The number of nitrogens with zero attached hydrogens (tertiary/aromatic N) is 1. The van der Waals surface area contributed by atoms with E-state index in [1.807, 2.05) is 54.6 Å². The Bertz CT molecular complexity index is 946. The number of esters is 1. The molecule has 0 fully saturated rings. The molecule has 0 aliphatic carbocycles. The third-order valence-electron chi connectivity index (χ3n) is 5.09. The number of anilines is 1. The molecule has 0 aliphatic rings. The van der Waals surface area contributed by atoms with Crippen LogP contribution in [0.15, 0.2) is 54.6 Å². The van der Waals surface area contributed by atoms with E-state index in [1.54, 1.807) is 19.0 Å². The molecule has 0 bridgehead atoms. The van der Waals surface area contributed by atoms with Crippen molar-refractivity contribution in [2.45, 2.75) is 44.9 Å². The van der Waals surface area contributed by atoms with Gasteiger partial charge >= 0.3 is 5.97 Å². The maximum Gasteiger partial charge on any atom is 0.305 e. The number of benzene rings is 2. The second-order valence-corrected chi connectivity index (χ2v) is 8.56. The van der Waals surface area contributed by atoms with Crippen LogP contribution in [0.2, 0.25) is 0 Å². The Labute approximate surface area is 206 Å². The number of nitrogens with one attached hydrogen (secondary N) is 2. The third-order valence-corrected chi connectivity index (χ3v) is 5.30. The van der Waals surface area contributed by atoms with Gasteiger partial charge in [0.1, 0.15) is 0 Å². The zero-order valence-electron chi connectivity index (χ0n) is 19.8. The first-order valence-electron chi connectivity index (χ1n) is 11.4. The molecule has 2 aromatic carbocycles. The van der Waals surface area contributed by atoms with E-state index in [0.29, 0.717) is 25.9 Å². The number of carbonyl (C=O) groups excluding carboxylic acids is 3. The lowest BCUT2D eigenvalue weighted by Crippen LogP contribution is -2.34. The highest BCUT2D eigenvalue weighted by atomic mass is 32.1. The minimum Gasteiger partial charge on any atom is -0.466 e. The van der Waals surface area contributed by atoms with Crippen LogP contribution in [0.4, 0.5) is 5.69 Å². The first-order valence-corrected chi connectivity index (χ1v) is 11.8. The fourth-order valence-corrected chi connectivity index (χ4v) is 3.39. The van der Waals surface area contributed by atoms with Crippen LogP contribution in [0.25, 0.3) is 0 Å². The van der Waals surface area contributed by atoms with Gasteiger partial charge in [-0.05, 0) is 61.2 Å². The summed E-state index contributed by atoms with van der Waals surface area (Å²) in [6.45, 7) is 0.374. The Morgan fingerprint density at radius 1 is 0.853 bits per heavy atom. The molecule has 0 aliphatic heterocycles. The molecule has 0 heterocycles. The zero-order valence-corrected chi connectivity index (χ0v) is 20.7. The normalized spacial score (nSPS) is 10.3. The Balaban J connectivity index is 1.57. The fraction of sp³-hybridized carbons (Fsp3) is 0.385. The average molecular weight is 484 g/mol. The van der Waals surface area contributed by atoms with Gasteiger partial charge in [-0.25, -0.2) is 0 Å². The molecule has 2 rings (SSSR count). The molecule has 8 heteroatoms. The van der Waals surface area contributed by atoms with Crippen molar-refractivity contribution in [2.75, 3.05) is 26.0 Å². The fourth-order valence-electron chi connectivity index (χ4n) is 3.15. The molecule has 0 radical (unpaired) electrons. The molecule has 34 heavy (non-hydrogen) atoms. The van der Waals surface area contributed by atoms with Crippen LogP contribution >= 0.6 is 12.2 Å². The lowest BCUT2D eigenvalue weighted by molar-refractivity contribution is -0.143. The van der Waals surface area contributed by atoms with Crippen molar-refractivity contribution in [3.63, 3.8) is 0 Å². The maximum atomic E-state index is 12.1. The summed E-state index contributed by atoms with van der Waals surface area (Å²) in [5, 5.41) is 5.78. The minimum atomic E-state index is -0.297. The van der Waals surface area contributed by atoms with Gasteiger partial charge in [-0.15, -0.1) is 0 Å². The third kappa shape index (κ3) is 11.0. The highest BCUT2D eigenvalue weighted by Gasteiger charge is 2.09. The van der Waals surface area contributed by atoms with Gasteiger partial charge in [-0.3, -0.25) is 14.4 Å². The summed E-state index contributed by atoms with van der Waals surface area (Å²) in [4.78, 5) is 37.2. The molecule has 182 valence electrons. The van der Waals surface area contributed by atoms with Crippen LogP contribution in [0.3, 0.4) is 0 Å². The summed E-state index contributed by atoms with van der Waals surface area (Å²) in [5.74, 6) is -0.468. The second-order valence-electron chi connectivity index (χ2n) is 8.15. The molecule has 2 N–H and O–H groups in total. The summed E-state index contributed by atoms with van der Waals surface area (Å²) < 4.78 is 5.23. The number of ether oxygens (including phenoxy) is 1. The van der Waals surface area contributed by atoms with Gasteiger partial charge in [-0.1, -0.05) is 42.5 Å². The van der Waals surface area contributed by atoms with Crippen molar-refractivity contribution >= 4 is 40.8 Å². The number of rotatable bonds is 12. The summed E-state index contributed by atoms with van der Waals surface area (Å²) in [6.07, 6.45) is 3.51. The number of carbonyl (C=O) groups is 3. The van der Waals surface area contributed by atoms with E-state index in [9.17, 15) is 14.4 Å². The molecule has 0 spiro atoms. The highest BCUT2D eigenvalue weighted by Crippen LogP contribution is 2.12. The van der Waals surface area contributed by atoms with E-state index in [-0.39, 0.29) is 35.7 Å². The molecule has 0 aromatic heterocycles. The number of hydrogen-bond acceptors (Lipinski definition) is 5. The van der Waals surface area contributed by atoms with Crippen molar-refractivity contribution in [1.29, 1.82) is 0 Å². The first kappa shape index (κ1) is 27.0. The van der Waals surface area contributed by atoms with E-state index < -0.39 is 0 Å². The predicted molar refractivity (Wildman–Crippen MR) is 137 cm³/mol. The van der Waals surface area contributed by atoms with Crippen molar-refractivity contribution in [1.82, 2.24) is 10.2 Å². The molecule has 0 atom stereocenters. The molecule has 7 nitrogen and oxygen atoms in total. The zero-order chi connectivity index (χ0) is 24.8. The smallest absolute Gasteiger partial charge is 0.305 e. The van der Waals surface area contributed by atoms with Crippen LogP contribution in [0, 0.1) is 0 Å². The molecule has 2 aromatic rings. The number of amides is 2. The lowest BCUT2D eigenvalue weighted by Gasteiger charge is -2.11. The van der Waals surface area contributed by atoms with E-state index in [2.05, 4.69) is 10.6 Å². The topological polar surface area (TPSA) is 87.7 Å². The van der Waals surface area contributed by atoms with Gasteiger partial charge in [0.25, 0.3) is 0 Å². The maximum absolute atomic E-state index is 12.1. The quantitative estimate of drug-likeness (QED) is 0.271. The van der Waals surface area contributed by atoms with E-state index in [4.69, 9.17) is 17.0 Å². The number of thiocarbonyl (C=S) groups is 1. The lowest BCUT2D eigenvalue weighted by atomic mass is 10.1. The minimum absolute atomic E-state index is 0.0856. The molecule has 0 unspecified atom stereocenters. The second kappa shape index (κ2) is 14.8. The van der Waals surface area contributed by atoms with Gasteiger partial charge in [0.2, 0.25) is 11.8 Å². The Morgan fingerprint density at radius 3 is 2.21 bits per heavy atom. The summed E-state index contributed by atoms with van der Waals surface area (Å²) in [7, 11) is 3.48. The van der Waals surface area contributed by atoms with E-state index in [0.717, 1.165) is 24.1 Å². The summed E-state index contributed by atoms with van der Waals surface area (Å²) >= 11 is 5.19. The first-order chi connectivity index (χ1) is 16.3. The average Bonchev–Trinajstić information content (AvgIpc) is 2.81. The van der Waals surface area contributed by atoms with Gasteiger partial charge in [-0.2, -0.15) is 0 Å². The molecule has 0 saturated carbocycles. The van der Waals surface area contributed by atoms with Crippen LogP contribution < -0.4 is 10.6 Å². The Hall–Kier alpha value is -3.26. The van der Waals surface area contributed by atoms with Gasteiger partial charge < -0.3 is 20.3 Å². The van der Waals surface area contributed by atoms with Crippen LogP contribution in [-0.2, 0) is 32.0 Å². The number of hydrogen-bond donors (Lipinski definition) is 2. The molecule has 0 saturated heterocycles. The van der Waals surface area contributed by atoms with Gasteiger partial charge in [0.05, 0.1) is 6.61 Å². The molecular weight excluding hydrogens is 450 g/mol. The summed E-state index contributed by atoms with van der Waals surface area (Å²) in [5.41, 5.74) is 3.00. The largest absolute Gasteiger partial charge is 0.466 e. The summed E-state index contributed by atoms with van der Waals surface area (Å²) in [6, 6.07) is 17.6. The number of aryl methyl sites for hydroxylation is 2. The van der Waals surface area contributed by atoms with Crippen LogP contribution in [0.5, 0.6) is 0 Å². The standard InChI is InChI=1S/C26H33N3O4S/c1-29(2)24(31)18-15-21-13-16-22(17-14-21)27-26(34)28-23(30)11-6-12-25(32)33-19-7-10-20-8-4-3-5-9-20/h3-5,8-9,13-14,16-17H,6-7,10-12,15,18-19H2,1-2H3,(H2,27,28,30,34). The predicted octanol–water partition coefficient (Wildman–Crippen LogP) is 3.87. The van der Waals surface area contributed by atoms with Crippen LogP contribution in [-0.4, -0.2) is 48.5 Å². The SMILES string of the molecule is CN(C)C(=O)CCc1ccc(NC(=S)NC(=O)CCCC(=O)OCCCc2ccccc2)cc1.